The second-order valence-electron chi connectivity index (χ2n) is 4.77. The first-order chi connectivity index (χ1) is 10.7. The highest BCUT2D eigenvalue weighted by Crippen LogP contribution is 2.24. The summed E-state index contributed by atoms with van der Waals surface area (Å²) in [6.07, 6.45) is 0. The molecule has 2 aromatic carbocycles. The fourth-order valence-electron chi connectivity index (χ4n) is 2.15. The highest BCUT2D eigenvalue weighted by atomic mass is 35.5. The maximum Gasteiger partial charge on any atom is 0.216 e. The molecule has 0 aliphatic carbocycles. The lowest BCUT2D eigenvalue weighted by Gasteiger charge is -2.04. The van der Waals surface area contributed by atoms with Gasteiger partial charge in [-0.25, -0.2) is 0 Å². The second-order valence-corrected chi connectivity index (χ2v) is 5.54. The zero-order valence-corrected chi connectivity index (χ0v) is 13.5. The van der Waals surface area contributed by atoms with E-state index in [0.717, 1.165) is 16.9 Å². The van der Waals surface area contributed by atoms with Crippen LogP contribution in [0.15, 0.2) is 48.5 Å². The molecule has 0 amide bonds. The number of rotatable bonds is 4. The smallest absolute Gasteiger partial charge is 0.216 e. The standard InChI is InChI=1S/C16H14ClN3OS/c1-21-12-8-6-11(7-9-12)10-20-16(22)18-15(19-20)13-4-2-3-5-14(13)17/h2-9H,10H2,1H3,(H,18,19,22). The summed E-state index contributed by atoms with van der Waals surface area (Å²) in [4.78, 5) is 4.38. The molecular weight excluding hydrogens is 318 g/mol. The number of aromatic nitrogens is 3. The van der Waals surface area contributed by atoms with Crippen LogP contribution in [-0.4, -0.2) is 21.9 Å². The van der Waals surface area contributed by atoms with E-state index in [-0.39, 0.29) is 0 Å². The summed E-state index contributed by atoms with van der Waals surface area (Å²) in [6.45, 7) is 0.611. The average molecular weight is 332 g/mol. The SMILES string of the molecule is COc1ccc(Cn2[nH]c(-c3ccccc3Cl)nc2=S)cc1. The fraction of sp³-hybridized carbons (Fsp3) is 0.125. The molecule has 6 heteroatoms. The van der Waals surface area contributed by atoms with Gasteiger partial charge in [0.15, 0.2) is 5.82 Å². The van der Waals surface area contributed by atoms with Crippen LogP contribution < -0.4 is 4.74 Å². The number of halogens is 1. The molecule has 0 aliphatic rings. The van der Waals surface area contributed by atoms with E-state index in [1.54, 1.807) is 7.11 Å². The number of hydrogen-bond acceptors (Lipinski definition) is 3. The molecule has 1 N–H and O–H groups in total. The van der Waals surface area contributed by atoms with E-state index in [1.807, 2.05) is 53.2 Å². The van der Waals surface area contributed by atoms with E-state index in [0.29, 0.717) is 22.2 Å². The summed E-state index contributed by atoms with van der Waals surface area (Å²) in [5.74, 6) is 1.50. The van der Waals surface area contributed by atoms with Crippen LogP contribution in [-0.2, 0) is 6.54 Å². The molecule has 0 fully saturated rings. The summed E-state index contributed by atoms with van der Waals surface area (Å²) in [5.41, 5.74) is 1.94. The third-order valence-electron chi connectivity index (χ3n) is 3.31. The number of nitrogens with one attached hydrogen (secondary N) is 1. The Hall–Kier alpha value is -2.11. The Labute approximate surface area is 138 Å². The number of ether oxygens (including phenoxy) is 1. The van der Waals surface area contributed by atoms with E-state index in [9.17, 15) is 0 Å². The summed E-state index contributed by atoms with van der Waals surface area (Å²) in [7, 11) is 1.65. The van der Waals surface area contributed by atoms with Gasteiger partial charge in [0.1, 0.15) is 5.75 Å². The molecule has 112 valence electrons. The van der Waals surface area contributed by atoms with Crippen molar-refractivity contribution >= 4 is 23.8 Å². The van der Waals surface area contributed by atoms with Gasteiger partial charge in [-0.15, -0.1) is 0 Å². The van der Waals surface area contributed by atoms with Gasteiger partial charge < -0.3 is 4.74 Å². The van der Waals surface area contributed by atoms with E-state index in [4.69, 9.17) is 28.6 Å². The van der Waals surface area contributed by atoms with Crippen LogP contribution in [0.4, 0.5) is 0 Å². The van der Waals surface area contributed by atoms with Crippen LogP contribution in [0.1, 0.15) is 5.56 Å². The largest absolute Gasteiger partial charge is 0.497 e. The minimum atomic E-state index is 0.491. The zero-order chi connectivity index (χ0) is 15.5. The van der Waals surface area contributed by atoms with Crippen molar-refractivity contribution in [2.75, 3.05) is 7.11 Å². The molecule has 0 atom stereocenters. The van der Waals surface area contributed by atoms with Gasteiger partial charge in [0.2, 0.25) is 4.77 Å². The first kappa shape index (κ1) is 14.8. The van der Waals surface area contributed by atoms with E-state index >= 15 is 0 Å². The van der Waals surface area contributed by atoms with Gasteiger partial charge in [-0.2, -0.15) is 4.98 Å². The predicted octanol–water partition coefficient (Wildman–Crippen LogP) is 4.32. The van der Waals surface area contributed by atoms with Gasteiger partial charge in [-0.3, -0.25) is 9.78 Å². The zero-order valence-electron chi connectivity index (χ0n) is 11.9. The maximum absolute atomic E-state index is 6.20. The van der Waals surface area contributed by atoms with Crippen LogP contribution in [0, 0.1) is 4.77 Å². The first-order valence-electron chi connectivity index (χ1n) is 6.72. The van der Waals surface area contributed by atoms with Crippen LogP contribution in [0.3, 0.4) is 0 Å². The van der Waals surface area contributed by atoms with Crippen molar-refractivity contribution in [2.24, 2.45) is 0 Å². The lowest BCUT2D eigenvalue weighted by molar-refractivity contribution is 0.414. The number of aromatic amines is 1. The molecule has 0 aliphatic heterocycles. The first-order valence-corrected chi connectivity index (χ1v) is 7.50. The lowest BCUT2D eigenvalue weighted by atomic mass is 10.2. The second kappa shape index (κ2) is 6.34. The van der Waals surface area contributed by atoms with Gasteiger partial charge in [0.25, 0.3) is 0 Å². The number of hydrogen-bond donors (Lipinski definition) is 1. The van der Waals surface area contributed by atoms with Crippen LogP contribution in [0.2, 0.25) is 5.02 Å². The summed E-state index contributed by atoms with van der Waals surface area (Å²) in [6, 6.07) is 15.4. The minimum absolute atomic E-state index is 0.491. The van der Waals surface area contributed by atoms with Crippen molar-refractivity contribution in [3.05, 3.63) is 63.9 Å². The van der Waals surface area contributed by atoms with Crippen LogP contribution >= 0.6 is 23.8 Å². The van der Waals surface area contributed by atoms with Gasteiger partial charge >= 0.3 is 0 Å². The Morgan fingerprint density at radius 3 is 2.59 bits per heavy atom. The van der Waals surface area contributed by atoms with Crippen molar-refractivity contribution < 1.29 is 4.74 Å². The Balaban J connectivity index is 1.89. The number of methoxy groups -OCH3 is 1. The molecule has 0 unspecified atom stereocenters. The van der Waals surface area contributed by atoms with Gasteiger partial charge in [0.05, 0.1) is 18.7 Å². The molecular formula is C16H14ClN3OS. The Bertz CT molecular complexity index is 839. The number of H-pyrrole nitrogens is 1. The quantitative estimate of drug-likeness (QED) is 0.724. The van der Waals surface area contributed by atoms with Gasteiger partial charge in [-0.1, -0.05) is 35.9 Å². The topological polar surface area (TPSA) is 42.8 Å². The van der Waals surface area contributed by atoms with Crippen molar-refractivity contribution in [1.29, 1.82) is 0 Å². The fourth-order valence-corrected chi connectivity index (χ4v) is 2.58. The summed E-state index contributed by atoms with van der Waals surface area (Å²) in [5, 5.41) is 3.84. The van der Waals surface area contributed by atoms with Crippen molar-refractivity contribution in [3.63, 3.8) is 0 Å². The Kier molecular flexibility index (Phi) is 4.27. The van der Waals surface area contributed by atoms with Crippen molar-refractivity contribution in [3.8, 4) is 17.1 Å². The molecule has 1 aromatic heterocycles. The van der Waals surface area contributed by atoms with Gasteiger partial charge in [0, 0.05) is 5.56 Å². The van der Waals surface area contributed by atoms with Crippen molar-refractivity contribution in [2.45, 2.75) is 6.54 Å². The molecule has 1 heterocycles. The molecule has 22 heavy (non-hydrogen) atoms. The average Bonchev–Trinajstić information content (AvgIpc) is 2.89. The molecule has 0 spiro atoms. The summed E-state index contributed by atoms with van der Waals surface area (Å²) < 4.78 is 7.46. The third kappa shape index (κ3) is 3.05. The molecule has 0 saturated heterocycles. The van der Waals surface area contributed by atoms with E-state index < -0.39 is 0 Å². The third-order valence-corrected chi connectivity index (χ3v) is 3.95. The molecule has 0 radical (unpaired) electrons. The molecule has 0 bridgehead atoms. The van der Waals surface area contributed by atoms with Crippen LogP contribution in [0.5, 0.6) is 5.75 Å². The van der Waals surface area contributed by atoms with Crippen LogP contribution in [0.25, 0.3) is 11.4 Å². The molecule has 3 rings (SSSR count). The lowest BCUT2D eigenvalue weighted by Crippen LogP contribution is -2.02. The monoisotopic (exact) mass is 331 g/mol. The summed E-state index contributed by atoms with van der Waals surface area (Å²) >= 11 is 11.5. The van der Waals surface area contributed by atoms with E-state index in [1.165, 1.54) is 0 Å². The predicted molar refractivity (Wildman–Crippen MR) is 90.0 cm³/mol. The Morgan fingerprint density at radius 2 is 1.91 bits per heavy atom. The molecule has 3 aromatic rings. The Morgan fingerprint density at radius 1 is 1.18 bits per heavy atom. The highest BCUT2D eigenvalue weighted by molar-refractivity contribution is 7.71. The van der Waals surface area contributed by atoms with Crippen molar-refractivity contribution in [1.82, 2.24) is 14.8 Å². The van der Waals surface area contributed by atoms with Gasteiger partial charge in [-0.05, 0) is 42.0 Å². The maximum atomic E-state index is 6.20. The molecule has 4 nitrogen and oxygen atoms in total. The number of benzene rings is 2. The normalized spacial score (nSPS) is 10.6. The number of nitrogens with zero attached hydrogens (tertiary/aromatic N) is 2. The minimum Gasteiger partial charge on any atom is -0.497 e. The highest BCUT2D eigenvalue weighted by Gasteiger charge is 2.08. The molecule has 0 saturated carbocycles. The van der Waals surface area contributed by atoms with E-state index in [2.05, 4.69) is 10.1 Å².